The Morgan fingerprint density at radius 1 is 1.06 bits per heavy atom. The number of likely N-dealkylation sites (N-methyl/N-ethyl adjacent to an activating group) is 1. The molecule has 5 aromatic rings. The van der Waals surface area contributed by atoms with Gasteiger partial charge in [-0.15, -0.1) is 11.3 Å². The summed E-state index contributed by atoms with van der Waals surface area (Å²) in [5.41, 5.74) is -0.0684. The number of benzene rings is 3. The number of H-pyrrole nitrogens is 1. The quantitative estimate of drug-likeness (QED) is 0.161. The lowest BCUT2D eigenvalue weighted by atomic mass is 9.79. The molecule has 2 aliphatic heterocycles. The minimum absolute atomic E-state index is 0.00847. The third-order valence-corrected chi connectivity index (χ3v) is 10.4. The Hall–Kier alpha value is -5.04. The molecule has 2 aliphatic rings. The molecule has 0 bridgehead atoms. The van der Waals surface area contributed by atoms with E-state index >= 15 is 0 Å². The number of carbonyl (C=O) groups excluding carboxylic acids is 4. The van der Waals surface area contributed by atoms with E-state index in [1.54, 1.807) is 30.3 Å². The summed E-state index contributed by atoms with van der Waals surface area (Å²) in [5, 5.41) is 2.78. The fourth-order valence-electron chi connectivity index (χ4n) is 6.92. The fourth-order valence-corrected chi connectivity index (χ4v) is 7.88. The Kier molecular flexibility index (Phi) is 7.61. The minimum Gasteiger partial charge on any atom is -0.348 e. The van der Waals surface area contributed by atoms with E-state index in [0.29, 0.717) is 22.8 Å². The number of aromatic nitrogens is 2. The second-order valence-corrected chi connectivity index (χ2v) is 13.8. The Morgan fingerprint density at radius 3 is 2.54 bits per heavy atom. The number of hydrogen-bond donors (Lipinski definition) is 2. The molecule has 2 N–H and O–H groups in total. The Balaban J connectivity index is 1.28. The molecule has 3 amide bonds. The minimum atomic E-state index is -1.41. The van der Waals surface area contributed by atoms with Crippen LogP contribution in [0.25, 0.3) is 21.1 Å². The van der Waals surface area contributed by atoms with Gasteiger partial charge in [0.1, 0.15) is 17.6 Å². The van der Waals surface area contributed by atoms with Crippen molar-refractivity contribution in [2.24, 2.45) is 5.92 Å². The lowest BCUT2D eigenvalue weighted by Gasteiger charge is -2.34. The first-order valence-corrected chi connectivity index (χ1v) is 16.3. The van der Waals surface area contributed by atoms with Gasteiger partial charge in [0.2, 0.25) is 17.6 Å². The van der Waals surface area contributed by atoms with Crippen LogP contribution in [-0.2, 0) is 15.0 Å². The highest BCUT2D eigenvalue weighted by Gasteiger charge is 2.58. The number of aromatic amines is 1. The summed E-state index contributed by atoms with van der Waals surface area (Å²) in [5.74, 6) is -5.98. The number of amides is 3. The van der Waals surface area contributed by atoms with Gasteiger partial charge in [0.25, 0.3) is 5.91 Å². The maximum absolute atomic E-state index is 14.7. The number of carbonyl (C=O) groups is 4. The van der Waals surface area contributed by atoms with Crippen LogP contribution in [0.2, 0.25) is 0 Å². The second-order valence-electron chi connectivity index (χ2n) is 12.8. The van der Waals surface area contributed by atoms with Crippen molar-refractivity contribution in [3.8, 4) is 0 Å². The van der Waals surface area contributed by atoms with Crippen LogP contribution in [0.4, 0.5) is 18.9 Å². The topological polar surface area (TPSA) is 115 Å². The van der Waals surface area contributed by atoms with E-state index < -0.39 is 58.1 Å². The van der Waals surface area contributed by atoms with Gasteiger partial charge in [-0.05, 0) is 48.6 Å². The van der Waals surface area contributed by atoms with Gasteiger partial charge in [-0.1, -0.05) is 44.2 Å². The molecule has 2 aromatic heterocycles. The third-order valence-electron chi connectivity index (χ3n) is 9.33. The summed E-state index contributed by atoms with van der Waals surface area (Å²) < 4.78 is 43.7. The zero-order valence-corrected chi connectivity index (χ0v) is 27.0. The van der Waals surface area contributed by atoms with Crippen molar-refractivity contribution in [1.82, 2.24) is 19.8 Å². The largest absolute Gasteiger partial charge is 0.348 e. The maximum Gasteiger partial charge on any atom is 0.270 e. The van der Waals surface area contributed by atoms with Crippen LogP contribution in [0.5, 0.6) is 0 Å². The van der Waals surface area contributed by atoms with Crippen LogP contribution < -0.4 is 5.32 Å². The molecule has 7 rings (SSSR count). The molecule has 1 spiro atoms. The van der Waals surface area contributed by atoms with Crippen LogP contribution >= 0.6 is 11.3 Å². The number of hydrogen-bond acceptors (Lipinski definition) is 6. The van der Waals surface area contributed by atoms with E-state index in [4.69, 9.17) is 0 Å². The van der Waals surface area contributed by atoms with E-state index in [1.807, 2.05) is 32.0 Å². The molecule has 1 fully saturated rings. The summed E-state index contributed by atoms with van der Waals surface area (Å²) in [6, 6.07) is 13.7. The lowest BCUT2D eigenvalue weighted by Crippen LogP contribution is -2.53. The standard InChI is InChI=1S/C35H30F3N5O4S/c1-17(2)12-25(42(3)32(45)24-13-18-20(36)14-21(37)28(38)29(18)39-24)33(46)43-16-35(19-8-4-5-9-22(19)41-34(35)47)15-26(43)30(44)31-40-23-10-6-7-11-27(23)48-31/h4-11,13-14,17,25-26,39H,12,15-16H2,1-3H3,(H,41,47)/t25-,26-,35-/m0/s1. The number of fused-ring (bicyclic) bond motifs is 4. The third kappa shape index (κ3) is 4.95. The van der Waals surface area contributed by atoms with Gasteiger partial charge in [-0.2, -0.15) is 0 Å². The van der Waals surface area contributed by atoms with Crippen molar-refractivity contribution in [1.29, 1.82) is 0 Å². The smallest absolute Gasteiger partial charge is 0.270 e. The summed E-state index contributed by atoms with van der Waals surface area (Å²) in [7, 11) is 1.39. The van der Waals surface area contributed by atoms with Gasteiger partial charge in [-0.25, -0.2) is 18.2 Å². The number of rotatable bonds is 7. The predicted octanol–water partition coefficient (Wildman–Crippen LogP) is 6.06. The second kappa shape index (κ2) is 11.6. The summed E-state index contributed by atoms with van der Waals surface area (Å²) in [4.78, 5) is 66.0. The van der Waals surface area contributed by atoms with E-state index in [0.717, 1.165) is 15.7 Å². The molecule has 13 heteroatoms. The molecule has 0 saturated carbocycles. The van der Waals surface area contributed by atoms with Gasteiger partial charge in [-0.3, -0.25) is 19.2 Å². The Morgan fingerprint density at radius 2 is 1.79 bits per heavy atom. The monoisotopic (exact) mass is 673 g/mol. The molecule has 1 saturated heterocycles. The number of nitrogens with zero attached hydrogens (tertiary/aromatic N) is 3. The molecular weight excluding hydrogens is 643 g/mol. The number of likely N-dealkylation sites (tertiary alicyclic amines) is 1. The molecule has 0 unspecified atom stereocenters. The number of halogens is 3. The van der Waals surface area contributed by atoms with Crippen LogP contribution in [0.3, 0.4) is 0 Å². The molecule has 9 nitrogen and oxygen atoms in total. The number of thiazole rings is 1. The average Bonchev–Trinajstić information content (AvgIpc) is 3.85. The van der Waals surface area contributed by atoms with Gasteiger partial charge >= 0.3 is 0 Å². The average molecular weight is 674 g/mol. The Bertz CT molecular complexity index is 2130. The van der Waals surface area contributed by atoms with E-state index in [2.05, 4.69) is 15.3 Å². The summed E-state index contributed by atoms with van der Waals surface area (Å²) in [6.07, 6.45) is 0.182. The highest BCUT2D eigenvalue weighted by molar-refractivity contribution is 7.20. The van der Waals surface area contributed by atoms with Gasteiger partial charge < -0.3 is 20.1 Å². The number of para-hydroxylation sites is 2. The van der Waals surface area contributed by atoms with Gasteiger partial charge in [0.15, 0.2) is 16.6 Å². The van der Waals surface area contributed by atoms with Crippen molar-refractivity contribution >= 4 is 61.6 Å². The van der Waals surface area contributed by atoms with E-state index in [-0.39, 0.29) is 47.3 Å². The molecule has 0 aliphatic carbocycles. The molecular formula is C35H30F3N5O4S. The highest BCUT2D eigenvalue weighted by Crippen LogP contribution is 2.47. The van der Waals surface area contributed by atoms with Gasteiger partial charge in [0.05, 0.1) is 27.2 Å². The Labute approximate surface area is 276 Å². The van der Waals surface area contributed by atoms with Crippen molar-refractivity contribution < 1.29 is 32.3 Å². The number of nitrogens with one attached hydrogen (secondary N) is 2. The van der Waals surface area contributed by atoms with Crippen molar-refractivity contribution in [3.63, 3.8) is 0 Å². The molecule has 48 heavy (non-hydrogen) atoms. The first-order chi connectivity index (χ1) is 22.9. The fraction of sp³-hybridized carbons (Fsp3) is 0.286. The van der Waals surface area contributed by atoms with Crippen LogP contribution in [0.15, 0.2) is 60.7 Å². The van der Waals surface area contributed by atoms with Crippen molar-refractivity contribution in [2.45, 2.75) is 44.2 Å². The van der Waals surface area contributed by atoms with Gasteiger partial charge in [0, 0.05) is 30.7 Å². The first kappa shape index (κ1) is 31.6. The molecule has 0 radical (unpaired) electrons. The van der Waals surface area contributed by atoms with Crippen molar-refractivity contribution in [3.05, 3.63) is 94.4 Å². The molecule has 3 aromatic carbocycles. The molecule has 246 valence electrons. The normalized spacial score (nSPS) is 19.4. The maximum atomic E-state index is 14.7. The zero-order chi connectivity index (χ0) is 34.1. The predicted molar refractivity (Wildman–Crippen MR) is 174 cm³/mol. The summed E-state index contributed by atoms with van der Waals surface area (Å²) in [6.45, 7) is 3.62. The number of Topliss-reactive ketones (excluding diaryl/α,β-unsaturated/α-hetero) is 1. The van der Waals surface area contributed by atoms with Crippen molar-refractivity contribution in [2.75, 3.05) is 18.9 Å². The SMILES string of the molecule is CC(C)C[C@@H](C(=O)N1C[C@]2(C[C@H]1C(=O)c1nc3ccccc3s1)C(=O)Nc1ccccc12)N(C)C(=O)c1cc2c(F)cc(F)c(F)c2[nH]1. The summed E-state index contributed by atoms with van der Waals surface area (Å²) >= 11 is 1.20. The van der Waals surface area contributed by atoms with Crippen LogP contribution in [0, 0.1) is 23.4 Å². The highest BCUT2D eigenvalue weighted by atomic mass is 32.1. The number of ketones is 1. The van der Waals surface area contributed by atoms with E-state index in [1.165, 1.54) is 23.3 Å². The molecule has 4 heterocycles. The van der Waals surface area contributed by atoms with Crippen LogP contribution in [0.1, 0.15) is 52.5 Å². The first-order valence-electron chi connectivity index (χ1n) is 15.4. The zero-order valence-electron chi connectivity index (χ0n) is 26.1. The number of anilines is 1. The van der Waals surface area contributed by atoms with E-state index in [9.17, 15) is 32.3 Å². The lowest BCUT2D eigenvalue weighted by molar-refractivity contribution is -0.136. The molecule has 3 atom stereocenters. The van der Waals surface area contributed by atoms with Crippen LogP contribution in [-0.4, -0.2) is 68.9 Å².